The smallest absolute Gasteiger partial charge is 0.251 e. The first kappa shape index (κ1) is 23.2. The Kier molecular flexibility index (Phi) is 6.91. The Morgan fingerprint density at radius 1 is 1.12 bits per heavy atom. The fourth-order valence-electron chi connectivity index (χ4n) is 5.81. The molecule has 2 amide bonds. The van der Waals surface area contributed by atoms with Gasteiger partial charge in [0.05, 0.1) is 4.90 Å². The number of sulfonamides is 1. The minimum absolute atomic E-state index is 0.00573. The molecule has 5 unspecified atom stereocenters. The molecule has 2 heterocycles. The normalized spacial score (nSPS) is 31.4. The van der Waals surface area contributed by atoms with Crippen molar-refractivity contribution in [2.75, 3.05) is 13.1 Å². The lowest BCUT2D eigenvalue weighted by Gasteiger charge is -2.46. The Morgan fingerprint density at radius 3 is 2.47 bits per heavy atom. The molecule has 3 fully saturated rings. The van der Waals surface area contributed by atoms with E-state index in [2.05, 4.69) is 24.5 Å². The van der Waals surface area contributed by atoms with Crippen LogP contribution in [0.25, 0.3) is 0 Å². The van der Waals surface area contributed by atoms with Gasteiger partial charge in [0.25, 0.3) is 5.91 Å². The monoisotopic (exact) mass is 461 g/mol. The van der Waals surface area contributed by atoms with Crippen molar-refractivity contribution in [3.05, 3.63) is 29.8 Å². The van der Waals surface area contributed by atoms with E-state index < -0.39 is 10.0 Å². The van der Waals surface area contributed by atoms with E-state index in [4.69, 9.17) is 0 Å². The molecule has 0 bridgehead atoms. The predicted octanol–water partition coefficient (Wildman–Crippen LogP) is 2.92. The van der Waals surface area contributed by atoms with Crippen molar-refractivity contribution in [3.63, 3.8) is 0 Å². The highest BCUT2D eigenvalue weighted by molar-refractivity contribution is 7.89. The number of hydrogen-bond donors (Lipinski definition) is 2. The largest absolute Gasteiger partial charge is 0.353 e. The lowest BCUT2D eigenvalue weighted by Crippen LogP contribution is -2.58. The highest BCUT2D eigenvalue weighted by Gasteiger charge is 2.43. The van der Waals surface area contributed by atoms with Crippen LogP contribution in [0.4, 0.5) is 0 Å². The average molecular weight is 462 g/mol. The van der Waals surface area contributed by atoms with Crippen LogP contribution in [-0.4, -0.2) is 49.7 Å². The summed E-state index contributed by atoms with van der Waals surface area (Å²) in [6.45, 7) is 5.37. The Labute approximate surface area is 191 Å². The SMILES string of the molecule is CCC1C(=O)NC2CC(NC(=O)c3ccc(S(=O)(=O)N4CCCCC4)cc3)CCC2C1C. The summed E-state index contributed by atoms with van der Waals surface area (Å²) in [6.07, 6.45) is 6.33. The topological polar surface area (TPSA) is 95.6 Å². The molecule has 1 aromatic rings. The van der Waals surface area contributed by atoms with Crippen LogP contribution >= 0.6 is 0 Å². The van der Waals surface area contributed by atoms with Crippen molar-refractivity contribution in [2.24, 2.45) is 17.8 Å². The van der Waals surface area contributed by atoms with Crippen LogP contribution in [0.1, 0.15) is 69.2 Å². The number of nitrogens with one attached hydrogen (secondary N) is 2. The van der Waals surface area contributed by atoms with Gasteiger partial charge >= 0.3 is 0 Å². The summed E-state index contributed by atoms with van der Waals surface area (Å²) in [7, 11) is -3.50. The second-order valence-corrected chi connectivity index (χ2v) is 11.6. The number of benzene rings is 1. The molecule has 0 radical (unpaired) electrons. The van der Waals surface area contributed by atoms with Crippen LogP contribution in [0.15, 0.2) is 29.2 Å². The lowest BCUT2D eigenvalue weighted by molar-refractivity contribution is -0.133. The van der Waals surface area contributed by atoms with Crippen molar-refractivity contribution in [2.45, 2.75) is 75.8 Å². The molecule has 176 valence electrons. The van der Waals surface area contributed by atoms with E-state index in [0.29, 0.717) is 30.5 Å². The van der Waals surface area contributed by atoms with E-state index in [1.165, 1.54) is 16.4 Å². The summed E-state index contributed by atoms with van der Waals surface area (Å²) in [6, 6.07) is 6.36. The third-order valence-corrected chi connectivity index (χ3v) is 9.64. The summed E-state index contributed by atoms with van der Waals surface area (Å²) in [5, 5.41) is 6.28. The predicted molar refractivity (Wildman–Crippen MR) is 123 cm³/mol. The van der Waals surface area contributed by atoms with Gasteiger partial charge in [0.15, 0.2) is 0 Å². The lowest BCUT2D eigenvalue weighted by atomic mass is 9.67. The number of rotatable bonds is 5. The van der Waals surface area contributed by atoms with Crippen molar-refractivity contribution in [1.82, 2.24) is 14.9 Å². The number of carbonyl (C=O) groups excluding carboxylic acids is 2. The molecule has 1 saturated carbocycles. The van der Waals surface area contributed by atoms with Crippen LogP contribution in [0, 0.1) is 17.8 Å². The van der Waals surface area contributed by atoms with Crippen LogP contribution in [0.2, 0.25) is 0 Å². The zero-order chi connectivity index (χ0) is 22.9. The molecular formula is C24H35N3O4S. The molecule has 4 rings (SSSR count). The first-order valence-electron chi connectivity index (χ1n) is 12.0. The number of nitrogens with zero attached hydrogens (tertiary/aromatic N) is 1. The van der Waals surface area contributed by atoms with Gasteiger partial charge in [0.2, 0.25) is 15.9 Å². The van der Waals surface area contributed by atoms with Crippen LogP contribution in [0.3, 0.4) is 0 Å². The molecule has 32 heavy (non-hydrogen) atoms. The highest BCUT2D eigenvalue weighted by Crippen LogP contribution is 2.39. The summed E-state index contributed by atoms with van der Waals surface area (Å²) < 4.78 is 27.2. The highest BCUT2D eigenvalue weighted by atomic mass is 32.2. The fraction of sp³-hybridized carbons (Fsp3) is 0.667. The first-order valence-corrected chi connectivity index (χ1v) is 13.5. The van der Waals surface area contributed by atoms with Crippen molar-refractivity contribution < 1.29 is 18.0 Å². The van der Waals surface area contributed by atoms with E-state index in [-0.39, 0.29) is 34.7 Å². The first-order chi connectivity index (χ1) is 15.3. The Hall–Kier alpha value is -1.93. The quantitative estimate of drug-likeness (QED) is 0.705. The zero-order valence-corrected chi connectivity index (χ0v) is 19.9. The maximum atomic E-state index is 12.8. The Balaban J connectivity index is 1.37. The summed E-state index contributed by atoms with van der Waals surface area (Å²) in [5.74, 6) is 0.854. The van der Waals surface area contributed by atoms with Gasteiger partial charge in [0, 0.05) is 36.7 Å². The van der Waals surface area contributed by atoms with Gasteiger partial charge in [-0.3, -0.25) is 9.59 Å². The van der Waals surface area contributed by atoms with Crippen molar-refractivity contribution in [3.8, 4) is 0 Å². The van der Waals surface area contributed by atoms with Gasteiger partial charge in [-0.05, 0) is 74.6 Å². The molecule has 7 nitrogen and oxygen atoms in total. The summed E-state index contributed by atoms with van der Waals surface area (Å²) in [5.41, 5.74) is 0.455. The summed E-state index contributed by atoms with van der Waals surface area (Å²) >= 11 is 0. The summed E-state index contributed by atoms with van der Waals surface area (Å²) in [4.78, 5) is 25.5. The third-order valence-electron chi connectivity index (χ3n) is 7.72. The van der Waals surface area contributed by atoms with Gasteiger partial charge in [-0.2, -0.15) is 4.31 Å². The van der Waals surface area contributed by atoms with E-state index in [1.54, 1.807) is 12.1 Å². The molecule has 2 aliphatic heterocycles. The number of carbonyl (C=O) groups is 2. The molecule has 0 spiro atoms. The zero-order valence-electron chi connectivity index (χ0n) is 19.0. The van der Waals surface area contributed by atoms with E-state index >= 15 is 0 Å². The van der Waals surface area contributed by atoms with Gasteiger partial charge < -0.3 is 10.6 Å². The number of piperidine rings is 2. The maximum absolute atomic E-state index is 12.8. The van der Waals surface area contributed by atoms with E-state index in [0.717, 1.165) is 44.9 Å². The molecule has 2 saturated heterocycles. The Bertz CT molecular complexity index is 940. The van der Waals surface area contributed by atoms with E-state index in [1.807, 2.05) is 0 Å². The third kappa shape index (κ3) is 4.57. The molecule has 1 aromatic carbocycles. The minimum atomic E-state index is -3.50. The van der Waals surface area contributed by atoms with Crippen molar-refractivity contribution in [1.29, 1.82) is 0 Å². The minimum Gasteiger partial charge on any atom is -0.353 e. The average Bonchev–Trinajstić information content (AvgIpc) is 2.80. The van der Waals surface area contributed by atoms with Gasteiger partial charge in [-0.1, -0.05) is 20.3 Å². The van der Waals surface area contributed by atoms with Crippen LogP contribution in [-0.2, 0) is 14.8 Å². The van der Waals surface area contributed by atoms with Crippen LogP contribution < -0.4 is 10.6 Å². The maximum Gasteiger partial charge on any atom is 0.251 e. The number of hydrogen-bond acceptors (Lipinski definition) is 4. The van der Waals surface area contributed by atoms with Gasteiger partial charge in [0.1, 0.15) is 0 Å². The molecule has 8 heteroatoms. The molecule has 1 aliphatic carbocycles. The molecule has 5 atom stereocenters. The Morgan fingerprint density at radius 2 is 1.81 bits per heavy atom. The number of amides is 2. The number of fused-ring (bicyclic) bond motifs is 1. The van der Waals surface area contributed by atoms with E-state index in [9.17, 15) is 18.0 Å². The second kappa shape index (κ2) is 9.51. The van der Waals surface area contributed by atoms with Crippen molar-refractivity contribution >= 4 is 21.8 Å². The molecule has 3 aliphatic rings. The molecule has 0 aromatic heterocycles. The molecule has 2 N–H and O–H groups in total. The van der Waals surface area contributed by atoms with Crippen LogP contribution in [0.5, 0.6) is 0 Å². The van der Waals surface area contributed by atoms with Gasteiger partial charge in [-0.25, -0.2) is 8.42 Å². The second-order valence-electron chi connectivity index (χ2n) is 9.63. The fourth-order valence-corrected chi connectivity index (χ4v) is 7.32. The van der Waals surface area contributed by atoms with Gasteiger partial charge in [-0.15, -0.1) is 0 Å². The standard InChI is InChI=1S/C24H35N3O4S/c1-3-20-16(2)21-12-9-18(15-22(21)26-24(20)29)25-23(28)17-7-10-19(11-8-17)32(30,31)27-13-5-4-6-14-27/h7-8,10-11,16,18,20-22H,3-6,9,12-15H2,1-2H3,(H,25,28)(H,26,29). The molecular weight excluding hydrogens is 426 g/mol.